The van der Waals surface area contributed by atoms with Gasteiger partial charge in [0.25, 0.3) is 0 Å². The van der Waals surface area contributed by atoms with E-state index >= 15 is 0 Å². The Bertz CT molecular complexity index is 373. The van der Waals surface area contributed by atoms with E-state index in [0.717, 1.165) is 15.0 Å². The molecule has 0 spiro atoms. The van der Waals surface area contributed by atoms with E-state index in [1.165, 1.54) is 5.56 Å². The number of hydrogen-bond acceptors (Lipinski definition) is 2. The van der Waals surface area contributed by atoms with Crippen molar-refractivity contribution in [3.63, 3.8) is 0 Å². The fraction of sp³-hybridized carbons (Fsp3) is 0.364. The fourth-order valence-electron chi connectivity index (χ4n) is 1.40. The van der Waals surface area contributed by atoms with E-state index in [0.29, 0.717) is 6.54 Å². The van der Waals surface area contributed by atoms with Gasteiger partial charge in [0.15, 0.2) is 0 Å². The first-order valence-electron chi connectivity index (χ1n) is 4.74. The van der Waals surface area contributed by atoms with Crippen molar-refractivity contribution in [3.8, 4) is 6.07 Å². The zero-order valence-corrected chi connectivity index (χ0v) is 11.3. The third-order valence-electron chi connectivity index (χ3n) is 2.18. The van der Waals surface area contributed by atoms with Crippen molar-refractivity contribution in [1.29, 1.82) is 5.26 Å². The maximum Gasteiger partial charge on any atom is 0.0845 e. The van der Waals surface area contributed by atoms with Crippen molar-refractivity contribution in [2.45, 2.75) is 19.4 Å². The Morgan fingerprint density at radius 2 is 2.33 bits per heavy atom. The molecule has 1 atom stereocenters. The van der Waals surface area contributed by atoms with Gasteiger partial charge in [0.05, 0.1) is 17.6 Å². The summed E-state index contributed by atoms with van der Waals surface area (Å²) in [5.74, 6) is 0. The Labute approximate surface area is 109 Å². The molecule has 1 N–H and O–H groups in total. The van der Waals surface area contributed by atoms with Crippen molar-refractivity contribution in [2.24, 2.45) is 0 Å². The van der Waals surface area contributed by atoms with E-state index in [4.69, 9.17) is 16.9 Å². The van der Waals surface area contributed by atoms with E-state index in [-0.39, 0.29) is 6.04 Å². The first-order valence-corrected chi connectivity index (χ1v) is 6.20. The molecule has 15 heavy (non-hydrogen) atoms. The van der Waals surface area contributed by atoms with E-state index in [2.05, 4.69) is 47.0 Å². The molecule has 80 valence electrons. The number of nitriles is 1. The van der Waals surface area contributed by atoms with Crippen molar-refractivity contribution in [2.75, 3.05) is 6.54 Å². The van der Waals surface area contributed by atoms with Gasteiger partial charge in [-0.15, -0.1) is 0 Å². The van der Waals surface area contributed by atoms with Gasteiger partial charge in [-0.3, -0.25) is 5.32 Å². The molecule has 2 nitrogen and oxygen atoms in total. The van der Waals surface area contributed by atoms with Gasteiger partial charge in [-0.05, 0) is 46.7 Å². The van der Waals surface area contributed by atoms with E-state index in [9.17, 15) is 0 Å². The average molecular weight is 335 g/mol. The van der Waals surface area contributed by atoms with Crippen LogP contribution < -0.4 is 5.32 Å². The second kappa shape index (κ2) is 6.31. The summed E-state index contributed by atoms with van der Waals surface area (Å²) < 4.78 is 1.05. The monoisotopic (exact) mass is 334 g/mol. The summed E-state index contributed by atoms with van der Waals surface area (Å²) in [4.78, 5) is 0. The third kappa shape index (κ3) is 3.63. The first-order chi connectivity index (χ1) is 7.19. The number of nitrogens with one attached hydrogen (secondary N) is 1. The van der Waals surface area contributed by atoms with Crippen LogP contribution in [-0.2, 0) is 0 Å². The van der Waals surface area contributed by atoms with Crippen LogP contribution in [0.1, 0.15) is 24.9 Å². The molecule has 0 radical (unpaired) electrons. The molecule has 1 rings (SSSR count). The molecular formula is C11H12ClIN2. The van der Waals surface area contributed by atoms with Gasteiger partial charge in [-0.1, -0.05) is 24.6 Å². The second-order valence-electron chi connectivity index (χ2n) is 3.17. The lowest BCUT2D eigenvalue weighted by Gasteiger charge is -2.15. The fourth-order valence-corrected chi connectivity index (χ4v) is 2.05. The van der Waals surface area contributed by atoms with E-state index in [1.807, 2.05) is 12.1 Å². The van der Waals surface area contributed by atoms with Gasteiger partial charge >= 0.3 is 0 Å². The van der Waals surface area contributed by atoms with Crippen molar-refractivity contribution in [3.05, 3.63) is 32.4 Å². The van der Waals surface area contributed by atoms with E-state index in [1.54, 1.807) is 0 Å². The van der Waals surface area contributed by atoms with Crippen LogP contribution in [0.2, 0.25) is 5.02 Å². The van der Waals surface area contributed by atoms with Crippen LogP contribution in [0, 0.1) is 14.9 Å². The van der Waals surface area contributed by atoms with Crippen LogP contribution in [0.4, 0.5) is 0 Å². The van der Waals surface area contributed by atoms with Crippen LogP contribution >= 0.6 is 34.2 Å². The molecule has 0 saturated heterocycles. The predicted molar refractivity (Wildman–Crippen MR) is 70.8 cm³/mol. The third-order valence-corrected chi connectivity index (χ3v) is 3.72. The molecule has 1 aromatic carbocycles. The molecule has 0 amide bonds. The first kappa shape index (κ1) is 12.8. The predicted octanol–water partition coefficient (Wildman–Crippen LogP) is 3.51. The van der Waals surface area contributed by atoms with Gasteiger partial charge in [-0.25, -0.2) is 0 Å². The summed E-state index contributed by atoms with van der Waals surface area (Å²) in [5.41, 5.74) is 1.18. The zero-order chi connectivity index (χ0) is 11.3. The standard InChI is InChI=1S/C11H12ClIN2/c1-2-11(15-6-5-14)8-3-4-9(12)10(13)7-8/h3-4,7,11,15H,2,6H2,1H3. The lowest BCUT2D eigenvalue weighted by molar-refractivity contribution is 0.554. The van der Waals surface area contributed by atoms with Crippen molar-refractivity contribution in [1.82, 2.24) is 5.32 Å². The highest BCUT2D eigenvalue weighted by Gasteiger charge is 2.09. The maximum atomic E-state index is 8.52. The molecule has 0 bridgehead atoms. The molecular weight excluding hydrogens is 322 g/mol. The number of rotatable bonds is 4. The minimum atomic E-state index is 0.232. The summed E-state index contributed by atoms with van der Waals surface area (Å²) in [6.45, 7) is 2.47. The number of benzene rings is 1. The molecule has 0 fully saturated rings. The van der Waals surface area contributed by atoms with Gasteiger partial charge in [0, 0.05) is 9.61 Å². The smallest absolute Gasteiger partial charge is 0.0845 e. The molecule has 4 heteroatoms. The van der Waals surface area contributed by atoms with Crippen LogP contribution in [0.25, 0.3) is 0 Å². The maximum absolute atomic E-state index is 8.52. The Morgan fingerprint density at radius 3 is 2.87 bits per heavy atom. The van der Waals surface area contributed by atoms with Crippen LogP contribution in [-0.4, -0.2) is 6.54 Å². The summed E-state index contributed by atoms with van der Waals surface area (Å²) in [6, 6.07) is 8.28. The average Bonchev–Trinajstić information content (AvgIpc) is 2.24. The quantitative estimate of drug-likeness (QED) is 0.675. The van der Waals surface area contributed by atoms with Crippen LogP contribution in [0.3, 0.4) is 0 Å². The highest BCUT2D eigenvalue weighted by atomic mass is 127. The van der Waals surface area contributed by atoms with Gasteiger partial charge in [0.2, 0.25) is 0 Å². The minimum Gasteiger partial charge on any atom is -0.298 e. The van der Waals surface area contributed by atoms with Crippen molar-refractivity contribution < 1.29 is 0 Å². The topological polar surface area (TPSA) is 35.8 Å². The zero-order valence-electron chi connectivity index (χ0n) is 8.43. The SMILES string of the molecule is CCC(NCC#N)c1ccc(Cl)c(I)c1. The summed E-state index contributed by atoms with van der Waals surface area (Å²) in [5, 5.41) is 12.5. The normalized spacial score (nSPS) is 12.1. The molecule has 0 aromatic heterocycles. The van der Waals surface area contributed by atoms with Crippen LogP contribution in [0.5, 0.6) is 0 Å². The summed E-state index contributed by atoms with van der Waals surface area (Å²) in [6.07, 6.45) is 0.958. The minimum absolute atomic E-state index is 0.232. The van der Waals surface area contributed by atoms with E-state index < -0.39 is 0 Å². The molecule has 0 heterocycles. The Balaban J connectivity index is 2.83. The highest BCUT2D eigenvalue weighted by Crippen LogP contribution is 2.24. The lowest BCUT2D eigenvalue weighted by Crippen LogP contribution is -2.20. The van der Waals surface area contributed by atoms with Gasteiger partial charge < -0.3 is 0 Å². The summed E-state index contributed by atoms with van der Waals surface area (Å²) >= 11 is 8.17. The number of halogens is 2. The molecule has 0 saturated carbocycles. The highest BCUT2D eigenvalue weighted by molar-refractivity contribution is 14.1. The molecule has 1 unspecified atom stereocenters. The van der Waals surface area contributed by atoms with Gasteiger partial charge in [-0.2, -0.15) is 5.26 Å². The van der Waals surface area contributed by atoms with Crippen LogP contribution in [0.15, 0.2) is 18.2 Å². The summed E-state index contributed by atoms with van der Waals surface area (Å²) in [7, 11) is 0. The van der Waals surface area contributed by atoms with Gasteiger partial charge in [0.1, 0.15) is 0 Å². The second-order valence-corrected chi connectivity index (χ2v) is 4.74. The number of hydrogen-bond donors (Lipinski definition) is 1. The lowest BCUT2D eigenvalue weighted by atomic mass is 10.0. The molecule has 1 aromatic rings. The Hall–Kier alpha value is -0.310. The molecule has 0 aliphatic rings. The number of nitrogens with zero attached hydrogens (tertiary/aromatic N) is 1. The molecule has 0 aliphatic heterocycles. The largest absolute Gasteiger partial charge is 0.298 e. The Kier molecular flexibility index (Phi) is 5.37. The Morgan fingerprint density at radius 1 is 1.60 bits per heavy atom. The van der Waals surface area contributed by atoms with Crippen molar-refractivity contribution >= 4 is 34.2 Å². The molecule has 0 aliphatic carbocycles.